The van der Waals surface area contributed by atoms with Crippen molar-refractivity contribution in [2.45, 2.75) is 6.42 Å². The molecule has 2 aromatic rings. The van der Waals surface area contributed by atoms with Gasteiger partial charge in [-0.3, -0.25) is 4.90 Å². The van der Waals surface area contributed by atoms with E-state index in [1.165, 1.54) is 7.11 Å². The fourth-order valence-electron chi connectivity index (χ4n) is 2.55. The van der Waals surface area contributed by atoms with E-state index < -0.39 is 0 Å². The standard InChI is InChI=1S/C15H19N3O3/c1-20-15(19)12-2-3-13-10-16-14(18(13)11-12)4-5-17-6-8-21-9-7-17/h2-3,10-11H,4-9H2,1H3. The molecule has 0 N–H and O–H groups in total. The zero-order valence-corrected chi connectivity index (χ0v) is 12.1. The Morgan fingerprint density at radius 3 is 2.95 bits per heavy atom. The normalized spacial score (nSPS) is 16.2. The summed E-state index contributed by atoms with van der Waals surface area (Å²) in [4.78, 5) is 18.4. The maximum absolute atomic E-state index is 11.6. The molecular formula is C15H19N3O3. The molecule has 2 aromatic heterocycles. The number of morpholine rings is 1. The molecule has 0 aliphatic carbocycles. The SMILES string of the molecule is COC(=O)c1ccc2cnc(CCN3CCOCC3)n2c1. The Hall–Kier alpha value is -1.92. The summed E-state index contributed by atoms with van der Waals surface area (Å²) < 4.78 is 12.1. The van der Waals surface area contributed by atoms with Gasteiger partial charge < -0.3 is 13.9 Å². The Balaban J connectivity index is 1.76. The first-order valence-electron chi connectivity index (χ1n) is 7.12. The maximum atomic E-state index is 11.6. The number of ether oxygens (including phenoxy) is 2. The molecule has 0 radical (unpaired) electrons. The smallest absolute Gasteiger partial charge is 0.339 e. The van der Waals surface area contributed by atoms with Crippen molar-refractivity contribution in [2.24, 2.45) is 0 Å². The van der Waals surface area contributed by atoms with Crippen LogP contribution in [0.2, 0.25) is 0 Å². The van der Waals surface area contributed by atoms with Gasteiger partial charge in [-0.2, -0.15) is 0 Å². The number of carbonyl (C=O) groups is 1. The molecule has 0 atom stereocenters. The Morgan fingerprint density at radius 1 is 1.38 bits per heavy atom. The summed E-state index contributed by atoms with van der Waals surface area (Å²) in [5.41, 5.74) is 1.52. The first-order chi connectivity index (χ1) is 10.3. The molecule has 6 heteroatoms. The highest BCUT2D eigenvalue weighted by molar-refractivity contribution is 5.89. The van der Waals surface area contributed by atoms with Gasteiger partial charge in [-0.05, 0) is 12.1 Å². The van der Waals surface area contributed by atoms with Crippen molar-refractivity contribution in [3.05, 3.63) is 35.9 Å². The Labute approximate surface area is 123 Å². The molecule has 0 amide bonds. The monoisotopic (exact) mass is 289 g/mol. The summed E-state index contributed by atoms with van der Waals surface area (Å²) in [5.74, 6) is 0.631. The van der Waals surface area contributed by atoms with Crippen LogP contribution in [0.15, 0.2) is 24.5 Å². The second-order valence-electron chi connectivity index (χ2n) is 5.08. The van der Waals surface area contributed by atoms with Gasteiger partial charge in [-0.1, -0.05) is 0 Å². The van der Waals surface area contributed by atoms with Crippen LogP contribution in [-0.4, -0.2) is 60.2 Å². The third-order valence-corrected chi connectivity index (χ3v) is 3.78. The van der Waals surface area contributed by atoms with Gasteiger partial charge in [0.1, 0.15) is 5.82 Å². The summed E-state index contributed by atoms with van der Waals surface area (Å²) in [6.07, 6.45) is 4.47. The number of fused-ring (bicyclic) bond motifs is 1. The fourth-order valence-corrected chi connectivity index (χ4v) is 2.55. The Bertz CT molecular complexity index is 632. The molecule has 3 rings (SSSR count). The number of hydrogen-bond donors (Lipinski definition) is 0. The molecule has 0 aromatic carbocycles. The predicted octanol–water partition coefficient (Wildman–Crippen LogP) is 0.996. The van der Waals surface area contributed by atoms with Crippen LogP contribution in [0.4, 0.5) is 0 Å². The zero-order chi connectivity index (χ0) is 14.7. The Morgan fingerprint density at radius 2 is 2.19 bits per heavy atom. The van der Waals surface area contributed by atoms with Crippen molar-refractivity contribution in [2.75, 3.05) is 40.0 Å². The molecule has 112 valence electrons. The number of aromatic nitrogens is 2. The molecule has 1 aliphatic rings. The van der Waals surface area contributed by atoms with Gasteiger partial charge in [0.15, 0.2) is 0 Å². The van der Waals surface area contributed by atoms with Gasteiger partial charge in [-0.25, -0.2) is 9.78 Å². The van der Waals surface area contributed by atoms with Gasteiger partial charge in [0, 0.05) is 32.3 Å². The molecular weight excluding hydrogens is 270 g/mol. The molecule has 0 saturated carbocycles. The third kappa shape index (κ3) is 3.06. The molecule has 3 heterocycles. The van der Waals surface area contributed by atoms with Crippen LogP contribution in [-0.2, 0) is 15.9 Å². The van der Waals surface area contributed by atoms with Gasteiger partial charge in [0.05, 0.1) is 37.6 Å². The van der Waals surface area contributed by atoms with E-state index in [9.17, 15) is 4.79 Å². The molecule has 1 fully saturated rings. The number of methoxy groups -OCH3 is 1. The van der Waals surface area contributed by atoms with Crippen LogP contribution in [0.5, 0.6) is 0 Å². The Kier molecular flexibility index (Phi) is 4.17. The molecule has 0 unspecified atom stereocenters. The van der Waals surface area contributed by atoms with E-state index in [-0.39, 0.29) is 5.97 Å². The quantitative estimate of drug-likeness (QED) is 0.786. The van der Waals surface area contributed by atoms with Gasteiger partial charge in [0.25, 0.3) is 0 Å². The molecule has 21 heavy (non-hydrogen) atoms. The highest BCUT2D eigenvalue weighted by Crippen LogP contribution is 2.11. The highest BCUT2D eigenvalue weighted by atomic mass is 16.5. The summed E-state index contributed by atoms with van der Waals surface area (Å²) in [5, 5.41) is 0. The average molecular weight is 289 g/mol. The second-order valence-corrected chi connectivity index (χ2v) is 5.08. The highest BCUT2D eigenvalue weighted by Gasteiger charge is 2.13. The first-order valence-corrected chi connectivity index (χ1v) is 7.12. The van der Waals surface area contributed by atoms with E-state index >= 15 is 0 Å². The van der Waals surface area contributed by atoms with Crippen LogP contribution in [0.3, 0.4) is 0 Å². The van der Waals surface area contributed by atoms with E-state index in [0.717, 1.165) is 50.6 Å². The topological polar surface area (TPSA) is 56.1 Å². The summed E-state index contributed by atoms with van der Waals surface area (Å²) >= 11 is 0. The number of esters is 1. The molecule has 1 saturated heterocycles. The lowest BCUT2D eigenvalue weighted by atomic mass is 10.2. The van der Waals surface area contributed by atoms with Crippen molar-refractivity contribution in [3.63, 3.8) is 0 Å². The van der Waals surface area contributed by atoms with Crippen molar-refractivity contribution < 1.29 is 14.3 Å². The van der Waals surface area contributed by atoms with Crippen molar-refractivity contribution >= 4 is 11.5 Å². The molecule has 1 aliphatic heterocycles. The van der Waals surface area contributed by atoms with Crippen LogP contribution in [0.1, 0.15) is 16.2 Å². The van der Waals surface area contributed by atoms with Crippen molar-refractivity contribution in [1.82, 2.24) is 14.3 Å². The lowest BCUT2D eigenvalue weighted by molar-refractivity contribution is 0.0382. The molecule has 0 spiro atoms. The predicted molar refractivity (Wildman–Crippen MR) is 77.5 cm³/mol. The number of rotatable bonds is 4. The minimum absolute atomic E-state index is 0.329. The fraction of sp³-hybridized carbons (Fsp3) is 0.467. The lowest BCUT2D eigenvalue weighted by Crippen LogP contribution is -2.37. The third-order valence-electron chi connectivity index (χ3n) is 3.78. The van der Waals surface area contributed by atoms with Gasteiger partial charge in [-0.15, -0.1) is 0 Å². The molecule has 0 bridgehead atoms. The first kappa shape index (κ1) is 14.0. The van der Waals surface area contributed by atoms with E-state index in [0.29, 0.717) is 5.56 Å². The van der Waals surface area contributed by atoms with Gasteiger partial charge in [0.2, 0.25) is 0 Å². The van der Waals surface area contributed by atoms with Crippen molar-refractivity contribution in [1.29, 1.82) is 0 Å². The maximum Gasteiger partial charge on any atom is 0.339 e. The summed E-state index contributed by atoms with van der Waals surface area (Å²) in [7, 11) is 1.39. The van der Waals surface area contributed by atoms with Gasteiger partial charge >= 0.3 is 5.97 Å². The lowest BCUT2D eigenvalue weighted by Gasteiger charge is -2.26. The summed E-state index contributed by atoms with van der Waals surface area (Å²) in [6.45, 7) is 4.49. The average Bonchev–Trinajstić information content (AvgIpc) is 2.95. The number of nitrogens with zero attached hydrogens (tertiary/aromatic N) is 3. The second kappa shape index (κ2) is 6.24. The van der Waals surface area contributed by atoms with Crippen LogP contribution < -0.4 is 0 Å². The van der Waals surface area contributed by atoms with Crippen molar-refractivity contribution in [3.8, 4) is 0 Å². The molecule has 6 nitrogen and oxygen atoms in total. The minimum atomic E-state index is -0.329. The zero-order valence-electron chi connectivity index (χ0n) is 12.1. The van der Waals surface area contributed by atoms with Crippen LogP contribution >= 0.6 is 0 Å². The van der Waals surface area contributed by atoms with Crippen LogP contribution in [0, 0.1) is 0 Å². The number of pyridine rings is 1. The van der Waals surface area contributed by atoms with E-state index in [1.807, 2.05) is 16.7 Å². The van der Waals surface area contributed by atoms with Crippen LogP contribution in [0.25, 0.3) is 5.52 Å². The number of hydrogen-bond acceptors (Lipinski definition) is 5. The number of carbonyl (C=O) groups excluding carboxylic acids is 1. The largest absolute Gasteiger partial charge is 0.465 e. The van der Waals surface area contributed by atoms with E-state index in [4.69, 9.17) is 9.47 Å². The van der Waals surface area contributed by atoms with E-state index in [2.05, 4.69) is 9.88 Å². The minimum Gasteiger partial charge on any atom is -0.465 e. The summed E-state index contributed by atoms with van der Waals surface area (Å²) in [6, 6.07) is 3.64. The number of imidazole rings is 1. The van der Waals surface area contributed by atoms with E-state index in [1.54, 1.807) is 12.3 Å².